The van der Waals surface area contributed by atoms with Gasteiger partial charge < -0.3 is 80.8 Å². The zero-order valence-electron chi connectivity index (χ0n) is 39.7. The van der Waals surface area contributed by atoms with Gasteiger partial charge in [-0.2, -0.15) is 0 Å². The van der Waals surface area contributed by atoms with E-state index in [0.29, 0.717) is 74.2 Å². The third kappa shape index (κ3) is 28.0. The minimum atomic E-state index is -0.859. The molecule has 0 aromatic heterocycles. The number of rotatable bonds is 12. The fraction of sp³-hybridized carbons (Fsp3) is 0.396. The van der Waals surface area contributed by atoms with Crippen LogP contribution in [0.25, 0.3) is 0 Å². The first-order valence-electron chi connectivity index (χ1n) is 21.3. The van der Waals surface area contributed by atoms with Crippen molar-refractivity contribution >= 4 is 128 Å². The molecule has 4 fully saturated rings. The van der Waals surface area contributed by atoms with Gasteiger partial charge in [0.2, 0.25) is 6.29 Å². The predicted octanol–water partition coefficient (Wildman–Crippen LogP) is 4.46. The van der Waals surface area contributed by atoms with Crippen molar-refractivity contribution in [1.82, 2.24) is 0 Å². The van der Waals surface area contributed by atoms with Crippen molar-refractivity contribution in [3.63, 3.8) is 0 Å². The van der Waals surface area contributed by atoms with Gasteiger partial charge in [-0.1, -0.05) is 58.5 Å². The number of halogens is 6. The number of phenols is 4. The van der Waals surface area contributed by atoms with Crippen molar-refractivity contribution in [3.05, 3.63) is 106 Å². The number of nitrogens with two attached hydrogens (primary N) is 2. The van der Waals surface area contributed by atoms with Gasteiger partial charge in [-0.25, -0.2) is 17.6 Å². The minimum absolute atomic E-state index is 0. The molecule has 0 radical (unpaired) electrons. The van der Waals surface area contributed by atoms with E-state index in [-0.39, 0.29) is 125 Å². The fourth-order valence-corrected chi connectivity index (χ4v) is 7.40. The Kier molecular flexibility index (Phi) is 38.1. The standard InChI is InChI=1S/C14H17ClO3.C12H13ClO3.C9H10ClNO.C6H5ClINO.C4H6O3.C3H5.BrH.Li.Mg.2H2O/c1-2-18-14(17)6-5-10-7-11(9-3-4-9)12(15)8-13(10)16;13-10-6-11(14)8(3-4-12(15)16)5-9(10)7-1-2-7;10-7-4-9(12)8(11)3-6(7)5-1-2-5;7-3-1-6(10)5(9)2-4(3)8;1-2-7-4(6)3-5;1-2-3-1;;;;;/h7-9,16H,2-6H2,1H3;5-7,14H,1-4H2,(H,15,16);3-5,12H,1-2,11H2;1-2,10H,9H2;3H,2H2,1H3;1H,2-3H2;1H;;;2*1H2/q;;;;;-1;;+1;+2;;/p-2. The Bertz CT molecular complexity index is 2260. The Hall–Kier alpha value is -2.59. The summed E-state index contributed by atoms with van der Waals surface area (Å²) in [6.07, 6.45) is 13.2. The molecule has 12 N–H and O–H groups in total. The summed E-state index contributed by atoms with van der Waals surface area (Å²) in [6, 6.07) is 13.2. The maximum atomic E-state index is 11.3. The number of phenolic OH excluding ortho intramolecular Hbond substituents is 4. The first-order valence-corrected chi connectivity index (χ1v) is 23.9. The smallest absolute Gasteiger partial charge is 1.00 e. The Morgan fingerprint density at radius 2 is 1.01 bits per heavy atom. The first kappa shape index (κ1) is 72.7. The number of hydrogen-bond acceptors (Lipinski definition) is 13. The van der Waals surface area contributed by atoms with E-state index in [9.17, 15) is 34.5 Å². The van der Waals surface area contributed by atoms with Crippen LogP contribution >= 0.6 is 69.0 Å². The molecular weight excluding hydrogens is 1190 g/mol. The molecule has 0 unspecified atom stereocenters. The van der Waals surface area contributed by atoms with E-state index in [1.54, 1.807) is 32.0 Å². The third-order valence-corrected chi connectivity index (χ3v) is 12.4. The van der Waals surface area contributed by atoms with Crippen molar-refractivity contribution in [2.75, 3.05) is 24.7 Å². The third-order valence-electron chi connectivity index (χ3n) is 9.85. The molecule has 8 rings (SSSR count). The number of hydrogen-bond donors (Lipinski definition) is 7. The van der Waals surface area contributed by atoms with Gasteiger partial charge in [0.25, 0.3) is 0 Å². The Morgan fingerprint density at radius 1 is 0.662 bits per heavy atom. The molecular formula is C48H59BrCl4ILiMgN2O13. The monoisotopic (exact) mass is 1250 g/mol. The number of aldehydes is 1. The molecule has 0 heterocycles. The van der Waals surface area contributed by atoms with E-state index in [1.165, 1.54) is 43.9 Å². The van der Waals surface area contributed by atoms with Crippen LogP contribution in [-0.4, -0.2) is 96.9 Å². The SMILES string of the molecule is CCOC(=O)C=O.CCOC(=O)CCc1cc(C2CC2)c(Cl)cc1O.Nc1cc(C2CC2)c(Cl)cc1O.Nc1cc(I)c(Cl)cc1O.O.O=C(O)CCc1cc(C2CC2)c(Cl)cc1O.[Br-].[CH-]1CC1.[Li+].[Mg+2].[OH-]. The molecule has 71 heavy (non-hydrogen) atoms. The van der Waals surface area contributed by atoms with Gasteiger partial charge in [0.1, 0.15) is 23.0 Å². The van der Waals surface area contributed by atoms with E-state index in [2.05, 4.69) is 11.2 Å². The van der Waals surface area contributed by atoms with Gasteiger partial charge in [-0.3, -0.25) is 14.4 Å². The van der Waals surface area contributed by atoms with E-state index < -0.39 is 11.9 Å². The normalized spacial score (nSPS) is 13.0. The quantitative estimate of drug-likeness (QED) is 0.0151. The Labute approximate surface area is 486 Å². The van der Waals surface area contributed by atoms with Crippen LogP contribution in [0.1, 0.15) is 124 Å². The van der Waals surface area contributed by atoms with Gasteiger partial charge in [-0.15, -0.1) is 0 Å². The molecule has 0 saturated heterocycles. The average molecular weight is 1250 g/mol. The molecule has 0 aliphatic heterocycles. The van der Waals surface area contributed by atoms with Gasteiger partial charge in [0, 0.05) is 43.6 Å². The number of ether oxygens (including phenoxy) is 2. The molecule has 4 aliphatic carbocycles. The van der Waals surface area contributed by atoms with Crippen LogP contribution < -0.4 is 47.3 Å². The molecule has 0 atom stereocenters. The predicted molar refractivity (Wildman–Crippen MR) is 278 cm³/mol. The van der Waals surface area contributed by atoms with E-state index in [1.807, 2.05) is 34.7 Å². The Morgan fingerprint density at radius 3 is 1.34 bits per heavy atom. The minimum Gasteiger partial charge on any atom is -1.00 e. The summed E-state index contributed by atoms with van der Waals surface area (Å²) in [6.45, 7) is 4.07. The number of carboxylic acids is 1. The van der Waals surface area contributed by atoms with Gasteiger partial charge in [0.05, 0.1) is 29.6 Å². The second-order valence-electron chi connectivity index (χ2n) is 15.5. The topological polar surface area (TPSA) is 301 Å². The van der Waals surface area contributed by atoms with Crippen LogP contribution in [0.5, 0.6) is 23.0 Å². The molecule has 15 nitrogen and oxygen atoms in total. The second kappa shape index (κ2) is 37.2. The number of anilines is 2. The van der Waals surface area contributed by atoms with Crippen molar-refractivity contribution in [3.8, 4) is 23.0 Å². The molecule has 4 aromatic rings. The van der Waals surface area contributed by atoms with Gasteiger partial charge >= 0.3 is 59.8 Å². The summed E-state index contributed by atoms with van der Waals surface area (Å²) in [5, 5.41) is 48.7. The van der Waals surface area contributed by atoms with Crippen LogP contribution in [0.3, 0.4) is 0 Å². The summed E-state index contributed by atoms with van der Waals surface area (Å²) >= 11 is 25.7. The van der Waals surface area contributed by atoms with Crippen molar-refractivity contribution in [2.24, 2.45) is 0 Å². The Balaban J connectivity index is -0.000000809. The van der Waals surface area contributed by atoms with Crippen LogP contribution in [-0.2, 0) is 41.5 Å². The second-order valence-corrected chi connectivity index (χ2v) is 18.3. The van der Waals surface area contributed by atoms with Crippen LogP contribution in [0.2, 0.25) is 20.1 Å². The van der Waals surface area contributed by atoms with Crippen LogP contribution in [0, 0.1) is 9.99 Å². The summed E-state index contributed by atoms with van der Waals surface area (Å²) < 4.78 is 9.90. The number of carboxylic acid groups (broad SMARTS) is 1. The number of aromatic hydroxyl groups is 4. The maximum absolute atomic E-state index is 11.3. The molecule has 384 valence electrons. The number of esters is 2. The summed E-state index contributed by atoms with van der Waals surface area (Å²) in [7, 11) is 0. The summed E-state index contributed by atoms with van der Waals surface area (Å²) in [4.78, 5) is 41.0. The molecule has 4 saturated carbocycles. The largest absolute Gasteiger partial charge is 2.00 e. The molecule has 4 aromatic carbocycles. The molecule has 4 aliphatic rings. The fourth-order valence-electron chi connectivity index (χ4n) is 5.81. The summed E-state index contributed by atoms with van der Waals surface area (Å²) in [5.74, 6) is 0.0559. The molecule has 23 heteroatoms. The first-order chi connectivity index (χ1) is 31.3. The number of aryl methyl sites for hydroxylation is 2. The van der Waals surface area contributed by atoms with Crippen molar-refractivity contribution < 1.29 is 101 Å². The van der Waals surface area contributed by atoms with Crippen molar-refractivity contribution in [1.29, 1.82) is 0 Å². The molecule has 0 bridgehead atoms. The molecule has 0 spiro atoms. The zero-order chi connectivity index (χ0) is 49.1. The van der Waals surface area contributed by atoms with E-state index in [0.717, 1.165) is 51.5 Å². The van der Waals surface area contributed by atoms with Crippen LogP contribution in [0.15, 0.2) is 48.5 Å². The number of aliphatic carboxylic acids is 1. The summed E-state index contributed by atoms with van der Waals surface area (Å²) in [5.41, 5.74) is 16.4. The zero-order valence-corrected chi connectivity index (χ0v) is 47.8. The van der Waals surface area contributed by atoms with Crippen LogP contribution in [0.4, 0.5) is 11.4 Å². The number of carbonyl (C=O) groups is 4. The van der Waals surface area contributed by atoms with Gasteiger partial charge in [-0.05, 0) is 158 Å². The van der Waals surface area contributed by atoms with E-state index in [4.69, 9.17) is 72.8 Å². The van der Waals surface area contributed by atoms with Gasteiger partial charge in [0.15, 0.2) is 0 Å². The maximum Gasteiger partial charge on any atom is 2.00 e. The molecule has 0 amide bonds. The average Bonchev–Trinajstić information content (AvgIpc) is 4.06. The number of nitrogen functional groups attached to an aromatic ring is 2. The van der Waals surface area contributed by atoms with E-state index >= 15 is 0 Å². The van der Waals surface area contributed by atoms with Crippen molar-refractivity contribution in [2.45, 2.75) is 109 Å². The number of benzene rings is 4. The number of carbonyl (C=O) groups excluding carboxylic acids is 3.